The molecule has 156 valence electrons. The van der Waals surface area contributed by atoms with Crippen LogP contribution in [0.25, 0.3) is 0 Å². The van der Waals surface area contributed by atoms with E-state index in [2.05, 4.69) is 26.7 Å². The number of oxime groups is 1. The highest BCUT2D eigenvalue weighted by molar-refractivity contribution is 8.00. The van der Waals surface area contributed by atoms with E-state index in [-0.39, 0.29) is 33.2 Å². The molecular weight excluding hydrogens is 458 g/mol. The number of terminal acetylenes is 1. The first-order chi connectivity index (χ1) is 14.4. The standard InChI is InChI=1S/C16H12ClN5O6S2/c1-2-4-28-21-9(8-11(17)30-16(20-8)18-6-23)12(24)19-10-13(25)22-7(15(26)27)3-5-29-14(10)22/h1,3,6,10,14H,4-5H2,(H,19,24)(H,26,27)(H,18,20,23)/b21-9-/t10?,14-/m1/s1. The lowest BCUT2D eigenvalue weighted by atomic mass is 10.0. The predicted octanol–water partition coefficient (Wildman–Crippen LogP) is 0.0871. The molecule has 11 nitrogen and oxygen atoms in total. The average Bonchev–Trinajstić information content (AvgIpc) is 3.08. The maximum atomic E-state index is 12.8. The zero-order valence-electron chi connectivity index (χ0n) is 14.8. The summed E-state index contributed by atoms with van der Waals surface area (Å²) in [5.41, 5.74) is -0.564. The molecule has 0 aromatic carbocycles. The van der Waals surface area contributed by atoms with Crippen molar-refractivity contribution in [3.63, 3.8) is 0 Å². The van der Waals surface area contributed by atoms with Crippen LogP contribution < -0.4 is 10.6 Å². The summed E-state index contributed by atoms with van der Waals surface area (Å²) in [7, 11) is 0. The van der Waals surface area contributed by atoms with Crippen LogP contribution in [0.4, 0.5) is 5.13 Å². The number of aromatic nitrogens is 1. The zero-order valence-corrected chi connectivity index (χ0v) is 17.2. The Labute approximate surface area is 182 Å². The maximum Gasteiger partial charge on any atom is 0.352 e. The number of halogens is 1. The van der Waals surface area contributed by atoms with Gasteiger partial charge in [-0.25, -0.2) is 9.78 Å². The van der Waals surface area contributed by atoms with E-state index >= 15 is 0 Å². The third-order valence-corrected chi connectivity index (χ3v) is 6.23. The van der Waals surface area contributed by atoms with Gasteiger partial charge in [0.15, 0.2) is 17.5 Å². The minimum atomic E-state index is -1.23. The van der Waals surface area contributed by atoms with Crippen LogP contribution in [0.2, 0.25) is 4.34 Å². The summed E-state index contributed by atoms with van der Waals surface area (Å²) in [5.74, 6) is -0.0901. The van der Waals surface area contributed by atoms with Gasteiger partial charge in [-0.05, 0) is 6.08 Å². The van der Waals surface area contributed by atoms with Gasteiger partial charge < -0.3 is 20.6 Å². The fourth-order valence-electron chi connectivity index (χ4n) is 2.63. The van der Waals surface area contributed by atoms with Crippen molar-refractivity contribution < 1.29 is 29.1 Å². The summed E-state index contributed by atoms with van der Waals surface area (Å²) >= 11 is 8.28. The molecule has 1 fully saturated rings. The number of thiazole rings is 1. The molecule has 0 aliphatic carbocycles. The third kappa shape index (κ3) is 4.11. The number of nitrogens with zero attached hydrogens (tertiary/aromatic N) is 3. The molecule has 0 bridgehead atoms. The first kappa shape index (κ1) is 21.6. The topological polar surface area (TPSA) is 150 Å². The van der Waals surface area contributed by atoms with Crippen LogP contribution in [-0.4, -0.2) is 68.7 Å². The molecule has 3 N–H and O–H groups in total. The number of β-lactam (4-membered cyclic amide) rings is 1. The first-order valence-electron chi connectivity index (χ1n) is 8.08. The molecule has 0 spiro atoms. The van der Waals surface area contributed by atoms with Crippen LogP contribution in [0.15, 0.2) is 16.9 Å². The summed E-state index contributed by atoms with van der Waals surface area (Å²) in [4.78, 5) is 57.2. The van der Waals surface area contributed by atoms with Crippen molar-refractivity contribution in [3.8, 4) is 12.3 Å². The number of aliphatic carboxylic acids is 1. The Balaban J connectivity index is 1.81. The number of carboxylic acid groups (broad SMARTS) is 1. The Morgan fingerprint density at radius 1 is 1.57 bits per heavy atom. The molecule has 3 amide bonds. The molecule has 1 aromatic rings. The lowest BCUT2D eigenvalue weighted by Gasteiger charge is -2.48. The predicted molar refractivity (Wildman–Crippen MR) is 109 cm³/mol. The van der Waals surface area contributed by atoms with Gasteiger partial charge in [-0.3, -0.25) is 19.3 Å². The number of hydrogen-bond acceptors (Lipinski definition) is 9. The van der Waals surface area contributed by atoms with Crippen LogP contribution in [0.1, 0.15) is 5.69 Å². The number of amides is 3. The largest absolute Gasteiger partial charge is 0.477 e. The van der Waals surface area contributed by atoms with Gasteiger partial charge in [0.1, 0.15) is 27.1 Å². The Hall–Kier alpha value is -3.08. The van der Waals surface area contributed by atoms with Crippen LogP contribution in [0.3, 0.4) is 0 Å². The van der Waals surface area contributed by atoms with Crippen molar-refractivity contribution in [3.05, 3.63) is 21.8 Å². The quantitative estimate of drug-likeness (QED) is 0.121. The van der Waals surface area contributed by atoms with Crippen LogP contribution >= 0.6 is 34.7 Å². The summed E-state index contributed by atoms with van der Waals surface area (Å²) < 4.78 is 0.0438. The van der Waals surface area contributed by atoms with Gasteiger partial charge >= 0.3 is 5.97 Å². The lowest BCUT2D eigenvalue weighted by molar-refractivity contribution is -0.150. The number of fused-ring (bicyclic) bond motifs is 1. The van der Waals surface area contributed by atoms with E-state index in [1.165, 1.54) is 17.8 Å². The highest BCUT2D eigenvalue weighted by atomic mass is 35.5. The minimum absolute atomic E-state index is 0.0438. The van der Waals surface area contributed by atoms with Gasteiger partial charge in [-0.2, -0.15) is 0 Å². The molecule has 0 radical (unpaired) electrons. The number of nitrogens with one attached hydrogen (secondary N) is 2. The van der Waals surface area contributed by atoms with Gasteiger partial charge in [0.25, 0.3) is 11.8 Å². The zero-order chi connectivity index (χ0) is 21.8. The van der Waals surface area contributed by atoms with Gasteiger partial charge in [-0.1, -0.05) is 34.0 Å². The van der Waals surface area contributed by atoms with Gasteiger partial charge in [-0.15, -0.1) is 18.2 Å². The number of carboxylic acids is 1. The molecular formula is C16H12ClN5O6S2. The highest BCUT2D eigenvalue weighted by Crippen LogP contribution is 2.37. The van der Waals surface area contributed by atoms with E-state index in [1.807, 2.05) is 0 Å². The van der Waals surface area contributed by atoms with E-state index in [0.29, 0.717) is 12.2 Å². The Morgan fingerprint density at radius 2 is 2.33 bits per heavy atom. The van der Waals surface area contributed by atoms with Crippen LogP contribution in [0, 0.1) is 12.3 Å². The number of carbonyl (C=O) groups is 4. The number of hydrogen-bond donors (Lipinski definition) is 3. The van der Waals surface area contributed by atoms with Crippen molar-refractivity contribution in [1.82, 2.24) is 15.2 Å². The maximum absolute atomic E-state index is 12.8. The number of thioether (sulfide) groups is 1. The molecule has 1 aromatic heterocycles. The normalized spacial score (nSPS) is 20.3. The average molecular weight is 470 g/mol. The molecule has 0 saturated carbocycles. The Bertz CT molecular complexity index is 1020. The van der Waals surface area contributed by atoms with Crippen LogP contribution in [0.5, 0.6) is 0 Å². The summed E-state index contributed by atoms with van der Waals surface area (Å²) in [5, 5.41) is 17.2. The SMILES string of the molecule is C#CCO/N=C(\C(=O)NC1C(=O)N2C(C(=O)O)=CCS[C@H]12)c1nc(NC=O)sc1Cl. The van der Waals surface area contributed by atoms with Crippen molar-refractivity contribution >= 4 is 69.7 Å². The summed E-state index contributed by atoms with van der Waals surface area (Å²) in [6.45, 7) is -0.237. The first-order valence-corrected chi connectivity index (χ1v) is 10.3. The number of carbonyl (C=O) groups excluding carboxylic acids is 3. The van der Waals surface area contributed by atoms with Crippen molar-refractivity contribution in [2.45, 2.75) is 11.4 Å². The second kappa shape index (κ2) is 9.16. The lowest BCUT2D eigenvalue weighted by Crippen LogP contribution is -2.70. The second-order valence-corrected chi connectivity index (χ2v) is 8.35. The van der Waals surface area contributed by atoms with Gasteiger partial charge in [0.2, 0.25) is 6.41 Å². The molecule has 30 heavy (non-hydrogen) atoms. The van der Waals surface area contributed by atoms with Crippen LogP contribution in [-0.2, 0) is 24.0 Å². The van der Waals surface area contributed by atoms with Crippen molar-refractivity contribution in [2.24, 2.45) is 5.16 Å². The Morgan fingerprint density at radius 3 is 3.00 bits per heavy atom. The van der Waals surface area contributed by atoms with E-state index in [0.717, 1.165) is 16.2 Å². The van der Waals surface area contributed by atoms with Crippen molar-refractivity contribution in [2.75, 3.05) is 17.7 Å². The summed E-state index contributed by atoms with van der Waals surface area (Å²) in [6, 6.07) is -0.978. The van der Waals surface area contributed by atoms with E-state index in [9.17, 15) is 24.3 Å². The molecule has 2 aliphatic heterocycles. The minimum Gasteiger partial charge on any atom is -0.477 e. The summed E-state index contributed by atoms with van der Waals surface area (Å²) in [6.07, 6.45) is 6.92. The molecule has 2 atom stereocenters. The number of rotatable bonds is 8. The molecule has 3 heterocycles. The third-order valence-electron chi connectivity index (χ3n) is 3.86. The van der Waals surface area contributed by atoms with Gasteiger partial charge in [0.05, 0.1) is 0 Å². The molecule has 14 heteroatoms. The number of anilines is 1. The van der Waals surface area contributed by atoms with E-state index in [4.69, 9.17) is 22.9 Å². The second-order valence-electron chi connectivity index (χ2n) is 5.60. The van der Waals surface area contributed by atoms with E-state index < -0.39 is 29.2 Å². The van der Waals surface area contributed by atoms with Gasteiger partial charge in [0, 0.05) is 5.75 Å². The molecule has 1 saturated heterocycles. The van der Waals surface area contributed by atoms with E-state index in [1.54, 1.807) is 0 Å². The monoisotopic (exact) mass is 469 g/mol. The fraction of sp³-hybridized carbons (Fsp3) is 0.250. The molecule has 3 rings (SSSR count). The molecule has 2 aliphatic rings. The Kier molecular flexibility index (Phi) is 6.60. The highest BCUT2D eigenvalue weighted by Gasteiger charge is 2.53. The smallest absolute Gasteiger partial charge is 0.352 e. The fourth-order valence-corrected chi connectivity index (χ4v) is 4.83. The van der Waals surface area contributed by atoms with Crippen molar-refractivity contribution in [1.29, 1.82) is 0 Å². The molecule has 1 unspecified atom stereocenters.